The first kappa shape index (κ1) is 22.5. The highest BCUT2D eigenvalue weighted by atomic mass is 16.5. The Balaban J connectivity index is 1.28. The minimum absolute atomic E-state index is 0.423. The topological polar surface area (TPSA) is 9.23 Å². The first-order valence-electron chi connectivity index (χ1n) is 13.7. The van der Waals surface area contributed by atoms with Crippen molar-refractivity contribution in [3.63, 3.8) is 0 Å². The van der Waals surface area contributed by atoms with E-state index in [1.165, 1.54) is 69.8 Å². The van der Waals surface area contributed by atoms with E-state index in [1.54, 1.807) is 0 Å². The second-order valence-corrected chi connectivity index (χ2v) is 12.1. The average molecular weight is 433 g/mol. The van der Waals surface area contributed by atoms with Gasteiger partial charge in [-0.25, -0.2) is 0 Å². The fourth-order valence-electron chi connectivity index (χ4n) is 9.10. The second-order valence-electron chi connectivity index (χ2n) is 12.1. The Kier molecular flexibility index (Phi) is 6.46. The molecule has 4 saturated carbocycles. The highest BCUT2D eigenvalue weighted by molar-refractivity contribution is 5.19. The lowest BCUT2D eigenvalue weighted by molar-refractivity contribution is -0.107. The molecule has 1 aromatic carbocycles. The van der Waals surface area contributed by atoms with Gasteiger partial charge < -0.3 is 4.74 Å². The van der Waals surface area contributed by atoms with Gasteiger partial charge in [-0.2, -0.15) is 0 Å². The minimum Gasteiger partial charge on any atom is -0.364 e. The summed E-state index contributed by atoms with van der Waals surface area (Å²) in [5, 5.41) is 0. The Morgan fingerprint density at radius 2 is 1.78 bits per heavy atom. The highest BCUT2D eigenvalue weighted by Gasteiger charge is 2.61. The number of benzene rings is 1. The van der Waals surface area contributed by atoms with E-state index >= 15 is 0 Å². The van der Waals surface area contributed by atoms with E-state index in [2.05, 4.69) is 62.9 Å². The molecule has 4 fully saturated rings. The molecule has 1 aromatic rings. The van der Waals surface area contributed by atoms with Gasteiger partial charge in [-0.15, -0.1) is 0 Å². The van der Waals surface area contributed by atoms with Crippen LogP contribution in [-0.2, 0) is 11.3 Å². The van der Waals surface area contributed by atoms with Crippen molar-refractivity contribution in [1.82, 2.24) is 0 Å². The molecular weight excluding hydrogens is 388 g/mol. The number of ether oxygens (including phenoxy) is 1. The predicted molar refractivity (Wildman–Crippen MR) is 133 cm³/mol. The van der Waals surface area contributed by atoms with Crippen LogP contribution in [0.5, 0.6) is 0 Å². The van der Waals surface area contributed by atoms with Crippen molar-refractivity contribution >= 4 is 0 Å². The lowest BCUT2D eigenvalue weighted by atomic mass is 9.45. The van der Waals surface area contributed by atoms with Crippen molar-refractivity contribution in [2.75, 3.05) is 6.61 Å². The lowest BCUT2D eigenvalue weighted by Crippen LogP contribution is -2.52. The molecule has 0 spiro atoms. The molecule has 0 aliphatic heterocycles. The highest BCUT2D eigenvalue weighted by Crippen LogP contribution is 2.68. The zero-order valence-electron chi connectivity index (χ0n) is 20.7. The van der Waals surface area contributed by atoms with Crippen LogP contribution in [0.1, 0.15) is 90.5 Å². The maximum atomic E-state index is 5.90. The molecular formula is C31H44O. The van der Waals surface area contributed by atoms with E-state index in [-0.39, 0.29) is 0 Å². The van der Waals surface area contributed by atoms with Gasteiger partial charge in [-0.3, -0.25) is 0 Å². The molecule has 0 heterocycles. The summed E-state index contributed by atoms with van der Waals surface area (Å²) < 4.78 is 5.90. The molecule has 0 bridgehead atoms. The molecule has 32 heavy (non-hydrogen) atoms. The first-order chi connectivity index (χ1) is 15.6. The summed E-state index contributed by atoms with van der Waals surface area (Å²) in [5.41, 5.74) is 2.30. The van der Waals surface area contributed by atoms with Gasteiger partial charge in [0.05, 0.1) is 6.61 Å². The summed E-state index contributed by atoms with van der Waals surface area (Å²) >= 11 is 0. The third-order valence-corrected chi connectivity index (χ3v) is 10.8. The maximum Gasteiger partial charge on any atom is 0.108 e. The average Bonchev–Trinajstić information content (AvgIpc) is 3.11. The van der Waals surface area contributed by atoms with Crippen LogP contribution in [-0.4, -0.2) is 6.61 Å². The molecule has 0 saturated heterocycles. The van der Waals surface area contributed by atoms with Crippen molar-refractivity contribution in [1.29, 1.82) is 0 Å². The number of hydrogen-bond acceptors (Lipinski definition) is 1. The first-order valence-corrected chi connectivity index (χ1v) is 13.7. The van der Waals surface area contributed by atoms with Crippen LogP contribution >= 0.6 is 0 Å². The molecule has 1 heteroatoms. The van der Waals surface area contributed by atoms with E-state index in [9.17, 15) is 0 Å². The Hall–Kier alpha value is -1.26. The fourth-order valence-corrected chi connectivity index (χ4v) is 9.10. The third kappa shape index (κ3) is 3.86. The molecule has 1 nitrogen and oxygen atoms in total. The predicted octanol–water partition coefficient (Wildman–Crippen LogP) is 7.89. The maximum absolute atomic E-state index is 5.90. The van der Waals surface area contributed by atoms with Crippen LogP contribution in [0.15, 0.2) is 30.3 Å². The number of rotatable bonds is 4. The lowest BCUT2D eigenvalue weighted by Gasteiger charge is -2.60. The van der Waals surface area contributed by atoms with Crippen molar-refractivity contribution in [3.05, 3.63) is 35.9 Å². The molecule has 8 atom stereocenters. The van der Waals surface area contributed by atoms with Crippen LogP contribution in [0, 0.1) is 58.2 Å². The van der Waals surface area contributed by atoms with Gasteiger partial charge in [0.15, 0.2) is 0 Å². The smallest absolute Gasteiger partial charge is 0.108 e. The molecule has 4 aliphatic carbocycles. The zero-order chi connectivity index (χ0) is 22.2. The van der Waals surface area contributed by atoms with Crippen LogP contribution < -0.4 is 0 Å². The molecule has 0 N–H and O–H groups in total. The van der Waals surface area contributed by atoms with Crippen molar-refractivity contribution < 1.29 is 4.74 Å². The standard InChI is InChI=1S/C31H44O/c1-4-24-21-29-26-16-15-25-13-8-9-18-30(25,2)28(26)17-19-31(29,3)27(24)14-10-20-32-22-23-11-6-5-7-12-23/h5-7,11-12,24-29H,4,8-9,13,15-22H2,1-3H3/t24?,25?,26-,27?,28-,29+,30+,31-/m1/s1. The van der Waals surface area contributed by atoms with Crippen LogP contribution in [0.2, 0.25) is 0 Å². The van der Waals surface area contributed by atoms with Crippen LogP contribution in [0.3, 0.4) is 0 Å². The summed E-state index contributed by atoms with van der Waals surface area (Å²) in [6.45, 7) is 8.96. The number of fused-ring (bicyclic) bond motifs is 5. The third-order valence-electron chi connectivity index (χ3n) is 10.8. The normalized spacial score (nSPS) is 42.8. The summed E-state index contributed by atoms with van der Waals surface area (Å²) in [6, 6.07) is 10.5. The molecule has 4 aliphatic rings. The van der Waals surface area contributed by atoms with Gasteiger partial charge in [0.25, 0.3) is 0 Å². The summed E-state index contributed by atoms with van der Waals surface area (Å²) in [4.78, 5) is 0. The second kappa shape index (κ2) is 9.18. The Bertz CT molecular complexity index is 833. The molecule has 0 radical (unpaired) electrons. The summed E-state index contributed by atoms with van der Waals surface area (Å²) in [7, 11) is 0. The van der Waals surface area contributed by atoms with Crippen LogP contribution in [0.4, 0.5) is 0 Å². The SMILES string of the molecule is CCC1C[C@H]2[C@@H]3CCC4CCCC[C@]4(C)[C@@H]3CC[C@]2(C)C1C#CCOCc1ccccc1. The van der Waals surface area contributed by atoms with E-state index in [1.807, 2.05) is 0 Å². The molecule has 0 aromatic heterocycles. The fraction of sp³-hybridized carbons (Fsp3) is 0.742. The Morgan fingerprint density at radius 1 is 0.938 bits per heavy atom. The van der Waals surface area contributed by atoms with E-state index < -0.39 is 0 Å². The number of hydrogen-bond donors (Lipinski definition) is 0. The molecule has 0 amide bonds. The van der Waals surface area contributed by atoms with Crippen molar-refractivity contribution in [2.24, 2.45) is 46.3 Å². The zero-order valence-corrected chi connectivity index (χ0v) is 20.7. The van der Waals surface area contributed by atoms with Gasteiger partial charge >= 0.3 is 0 Å². The Morgan fingerprint density at radius 3 is 2.59 bits per heavy atom. The Labute approximate surface area is 197 Å². The largest absolute Gasteiger partial charge is 0.364 e. The quantitative estimate of drug-likeness (QED) is 0.347. The van der Waals surface area contributed by atoms with Crippen LogP contribution in [0.25, 0.3) is 0 Å². The van der Waals surface area contributed by atoms with Gasteiger partial charge in [0.1, 0.15) is 6.61 Å². The summed E-state index contributed by atoms with van der Waals surface area (Å²) in [5.74, 6) is 12.5. The van der Waals surface area contributed by atoms with E-state index in [0.717, 1.165) is 29.6 Å². The molecule has 3 unspecified atom stereocenters. The van der Waals surface area contributed by atoms with Gasteiger partial charge in [-0.05, 0) is 90.9 Å². The van der Waals surface area contributed by atoms with Gasteiger partial charge in [0.2, 0.25) is 0 Å². The minimum atomic E-state index is 0.423. The van der Waals surface area contributed by atoms with Crippen molar-refractivity contribution in [2.45, 2.75) is 91.6 Å². The molecule has 5 rings (SSSR count). The molecule has 174 valence electrons. The van der Waals surface area contributed by atoms with Crippen molar-refractivity contribution in [3.8, 4) is 11.8 Å². The van der Waals surface area contributed by atoms with Gasteiger partial charge in [-0.1, -0.05) is 82.2 Å². The van der Waals surface area contributed by atoms with E-state index in [0.29, 0.717) is 30.0 Å². The van der Waals surface area contributed by atoms with Gasteiger partial charge in [0, 0.05) is 5.92 Å². The monoisotopic (exact) mass is 432 g/mol. The summed E-state index contributed by atoms with van der Waals surface area (Å²) in [6.07, 6.45) is 14.6. The van der Waals surface area contributed by atoms with E-state index in [4.69, 9.17) is 4.74 Å².